The molecule has 1 aliphatic heterocycles. The Balaban J connectivity index is 1.65. The largest absolute Gasteiger partial charge is 0.376 e. The molecule has 0 spiro atoms. The number of ether oxygens (including phenoxy) is 1. The van der Waals surface area contributed by atoms with Crippen molar-refractivity contribution in [2.75, 3.05) is 13.2 Å². The van der Waals surface area contributed by atoms with Crippen LogP contribution in [0.25, 0.3) is 0 Å². The normalized spacial score (nSPS) is 18.3. The lowest BCUT2D eigenvalue weighted by atomic mass is 10.2. The van der Waals surface area contributed by atoms with Gasteiger partial charge in [-0.05, 0) is 43.3 Å². The van der Waals surface area contributed by atoms with Crippen LogP contribution in [0.2, 0.25) is 0 Å². The molecule has 2 aromatic heterocycles. The van der Waals surface area contributed by atoms with E-state index in [4.69, 9.17) is 4.74 Å². The van der Waals surface area contributed by atoms with Crippen LogP contribution in [0.3, 0.4) is 0 Å². The van der Waals surface area contributed by atoms with Crippen molar-refractivity contribution >= 4 is 17.4 Å². The molecule has 0 radical (unpaired) electrons. The van der Waals surface area contributed by atoms with Crippen LogP contribution >= 0.6 is 11.3 Å². The zero-order valence-corrected chi connectivity index (χ0v) is 14.7. The number of pyridine rings is 1. The van der Waals surface area contributed by atoms with Gasteiger partial charge in [-0.25, -0.2) is 4.79 Å². The molecule has 1 fully saturated rings. The molecule has 0 aliphatic carbocycles. The van der Waals surface area contributed by atoms with Gasteiger partial charge in [-0.1, -0.05) is 12.1 Å². The Hall–Kier alpha value is -1.92. The number of nitrogens with one attached hydrogen (secondary N) is 1. The van der Waals surface area contributed by atoms with Crippen LogP contribution in [-0.4, -0.2) is 35.2 Å². The second-order valence-corrected chi connectivity index (χ2v) is 7.05. The molecule has 1 saturated heterocycles. The van der Waals surface area contributed by atoms with Gasteiger partial charge in [0, 0.05) is 24.2 Å². The van der Waals surface area contributed by atoms with E-state index in [0.29, 0.717) is 13.1 Å². The first-order chi connectivity index (χ1) is 11.7. The van der Waals surface area contributed by atoms with Crippen molar-refractivity contribution < 1.29 is 9.53 Å². The number of rotatable bonds is 6. The summed E-state index contributed by atoms with van der Waals surface area (Å²) in [4.78, 5) is 20.1. The SMILES string of the molecule is C[C@@H](NC(=O)N(Cc1cccs1)C[C@H]1CCCO1)c1ccccn1. The molecule has 2 atom stereocenters. The molecule has 24 heavy (non-hydrogen) atoms. The minimum absolute atomic E-state index is 0.0722. The summed E-state index contributed by atoms with van der Waals surface area (Å²) in [5, 5.41) is 5.09. The number of hydrogen-bond donors (Lipinski definition) is 1. The number of amides is 2. The van der Waals surface area contributed by atoms with Crippen LogP contribution in [0.15, 0.2) is 41.9 Å². The molecule has 128 valence electrons. The number of nitrogens with zero attached hydrogens (tertiary/aromatic N) is 2. The zero-order valence-electron chi connectivity index (χ0n) is 13.9. The van der Waals surface area contributed by atoms with Crippen molar-refractivity contribution in [2.45, 2.75) is 38.5 Å². The molecule has 3 heterocycles. The predicted octanol–water partition coefficient (Wildman–Crippen LogP) is 3.59. The monoisotopic (exact) mass is 345 g/mol. The number of thiophene rings is 1. The lowest BCUT2D eigenvalue weighted by Gasteiger charge is -2.27. The van der Waals surface area contributed by atoms with Crippen molar-refractivity contribution in [1.29, 1.82) is 0 Å². The van der Waals surface area contributed by atoms with E-state index in [0.717, 1.165) is 25.1 Å². The van der Waals surface area contributed by atoms with Crippen LogP contribution in [0.5, 0.6) is 0 Å². The molecule has 5 nitrogen and oxygen atoms in total. The number of urea groups is 1. The van der Waals surface area contributed by atoms with Gasteiger partial charge < -0.3 is 15.0 Å². The van der Waals surface area contributed by atoms with E-state index in [1.807, 2.05) is 41.5 Å². The van der Waals surface area contributed by atoms with Crippen LogP contribution in [0.1, 0.15) is 36.4 Å². The average Bonchev–Trinajstić information content (AvgIpc) is 3.29. The average molecular weight is 345 g/mol. The maximum atomic E-state index is 12.8. The van der Waals surface area contributed by atoms with Crippen LogP contribution < -0.4 is 5.32 Å². The Bertz CT molecular complexity index is 627. The minimum Gasteiger partial charge on any atom is -0.376 e. The Morgan fingerprint density at radius 3 is 3.04 bits per heavy atom. The van der Waals surface area contributed by atoms with Crippen molar-refractivity contribution in [1.82, 2.24) is 15.2 Å². The van der Waals surface area contributed by atoms with Crippen molar-refractivity contribution in [3.05, 3.63) is 52.5 Å². The van der Waals surface area contributed by atoms with E-state index in [2.05, 4.69) is 16.4 Å². The third kappa shape index (κ3) is 4.55. The first-order valence-electron chi connectivity index (χ1n) is 8.32. The lowest BCUT2D eigenvalue weighted by molar-refractivity contribution is 0.0792. The fourth-order valence-corrected chi connectivity index (χ4v) is 3.55. The molecule has 0 unspecified atom stereocenters. The highest BCUT2D eigenvalue weighted by atomic mass is 32.1. The number of carbonyl (C=O) groups is 1. The quantitative estimate of drug-likeness (QED) is 0.870. The fourth-order valence-electron chi connectivity index (χ4n) is 2.83. The lowest BCUT2D eigenvalue weighted by Crippen LogP contribution is -2.44. The van der Waals surface area contributed by atoms with E-state index in [1.54, 1.807) is 17.5 Å². The fraction of sp³-hybridized carbons (Fsp3) is 0.444. The zero-order chi connectivity index (χ0) is 16.8. The third-order valence-electron chi connectivity index (χ3n) is 4.13. The van der Waals surface area contributed by atoms with Gasteiger partial charge in [0.05, 0.1) is 24.4 Å². The molecule has 0 aromatic carbocycles. The topological polar surface area (TPSA) is 54.5 Å². The smallest absolute Gasteiger partial charge is 0.318 e. The van der Waals surface area contributed by atoms with Gasteiger partial charge >= 0.3 is 6.03 Å². The third-order valence-corrected chi connectivity index (χ3v) is 4.99. The molecular weight excluding hydrogens is 322 g/mol. The van der Waals surface area contributed by atoms with Gasteiger partial charge in [0.15, 0.2) is 0 Å². The van der Waals surface area contributed by atoms with Crippen LogP contribution in [0.4, 0.5) is 4.79 Å². The Kier molecular flexibility index (Phi) is 5.82. The summed E-state index contributed by atoms with van der Waals surface area (Å²) >= 11 is 1.67. The van der Waals surface area contributed by atoms with E-state index < -0.39 is 0 Å². The summed E-state index contributed by atoms with van der Waals surface area (Å²) in [7, 11) is 0. The Labute approximate surface area is 146 Å². The van der Waals surface area contributed by atoms with Gasteiger partial charge in [0.2, 0.25) is 0 Å². The van der Waals surface area contributed by atoms with Gasteiger partial charge in [0.1, 0.15) is 0 Å². The molecule has 1 aliphatic rings. The highest BCUT2D eigenvalue weighted by Gasteiger charge is 2.24. The van der Waals surface area contributed by atoms with Crippen molar-refractivity contribution in [2.24, 2.45) is 0 Å². The van der Waals surface area contributed by atoms with Gasteiger partial charge in [-0.15, -0.1) is 11.3 Å². The highest BCUT2D eigenvalue weighted by Crippen LogP contribution is 2.18. The summed E-state index contributed by atoms with van der Waals surface area (Å²) < 4.78 is 5.71. The molecule has 3 rings (SSSR count). The number of hydrogen-bond acceptors (Lipinski definition) is 4. The van der Waals surface area contributed by atoms with Gasteiger partial charge in [0.25, 0.3) is 0 Å². The summed E-state index contributed by atoms with van der Waals surface area (Å²) in [6.45, 7) is 3.98. The van der Waals surface area contributed by atoms with Crippen LogP contribution in [-0.2, 0) is 11.3 Å². The number of aromatic nitrogens is 1. The standard InChI is InChI=1S/C18H23N3O2S/c1-14(17-8-2-3-9-19-17)20-18(22)21(12-15-6-4-10-23-15)13-16-7-5-11-24-16/h2-3,5,7-9,11,14-15H,4,6,10,12-13H2,1H3,(H,20,22)/t14-,15-/m1/s1. The molecule has 2 amide bonds. The Morgan fingerprint density at radius 2 is 2.38 bits per heavy atom. The van der Waals surface area contributed by atoms with Crippen LogP contribution in [0, 0.1) is 0 Å². The molecule has 6 heteroatoms. The summed E-state index contributed by atoms with van der Waals surface area (Å²) in [6.07, 6.45) is 3.97. The van der Waals surface area contributed by atoms with Crippen molar-refractivity contribution in [3.63, 3.8) is 0 Å². The maximum absolute atomic E-state index is 12.8. The van der Waals surface area contributed by atoms with Crippen molar-refractivity contribution in [3.8, 4) is 0 Å². The molecule has 0 saturated carbocycles. The maximum Gasteiger partial charge on any atom is 0.318 e. The molecular formula is C18H23N3O2S. The summed E-state index contributed by atoms with van der Waals surface area (Å²) in [6, 6.07) is 9.60. The first kappa shape index (κ1) is 16.9. The summed E-state index contributed by atoms with van der Waals surface area (Å²) in [5.74, 6) is 0. The highest BCUT2D eigenvalue weighted by molar-refractivity contribution is 7.09. The molecule has 2 aromatic rings. The first-order valence-corrected chi connectivity index (χ1v) is 9.20. The van der Waals surface area contributed by atoms with E-state index >= 15 is 0 Å². The van der Waals surface area contributed by atoms with E-state index in [9.17, 15) is 4.79 Å². The second kappa shape index (κ2) is 8.26. The van der Waals surface area contributed by atoms with Gasteiger partial charge in [-0.2, -0.15) is 0 Å². The van der Waals surface area contributed by atoms with E-state index in [1.165, 1.54) is 4.88 Å². The minimum atomic E-state index is -0.131. The summed E-state index contributed by atoms with van der Waals surface area (Å²) in [5.41, 5.74) is 0.860. The number of carbonyl (C=O) groups excluding carboxylic acids is 1. The molecule has 0 bridgehead atoms. The predicted molar refractivity (Wildman–Crippen MR) is 94.9 cm³/mol. The molecule has 1 N–H and O–H groups in total. The van der Waals surface area contributed by atoms with Gasteiger partial charge in [-0.3, -0.25) is 4.98 Å². The Morgan fingerprint density at radius 1 is 1.46 bits per heavy atom. The van der Waals surface area contributed by atoms with E-state index in [-0.39, 0.29) is 18.2 Å². The second-order valence-electron chi connectivity index (χ2n) is 6.02.